The lowest BCUT2D eigenvalue weighted by Gasteiger charge is -2.19. The van der Waals surface area contributed by atoms with Gasteiger partial charge in [0, 0.05) is 20.2 Å². The van der Waals surface area contributed by atoms with Crippen LogP contribution in [0.1, 0.15) is 18.4 Å². The summed E-state index contributed by atoms with van der Waals surface area (Å²) in [6.45, 7) is 2.65. The van der Waals surface area contributed by atoms with E-state index in [4.69, 9.17) is 9.47 Å². The summed E-state index contributed by atoms with van der Waals surface area (Å²) >= 11 is 0. The van der Waals surface area contributed by atoms with Crippen LogP contribution in [0.25, 0.3) is 0 Å². The highest BCUT2D eigenvalue weighted by molar-refractivity contribution is 7.89. The molecule has 1 saturated heterocycles. The standard InChI is InChI=1S/C16H24N2O5S/c1-12-6-7-14(22-3)15(9-12)24(20,21)18(2)11-16(19)17-10-13-5-4-8-23-13/h6-7,9,13H,4-5,8,10-11H2,1-3H3,(H,17,19). The maximum Gasteiger partial charge on any atom is 0.246 e. The molecule has 0 saturated carbocycles. The van der Waals surface area contributed by atoms with Crippen LogP contribution in [0.15, 0.2) is 23.1 Å². The molecule has 0 spiro atoms. The van der Waals surface area contributed by atoms with E-state index in [1.165, 1.54) is 20.2 Å². The molecular weight excluding hydrogens is 332 g/mol. The fourth-order valence-corrected chi connectivity index (χ4v) is 3.89. The molecular formula is C16H24N2O5S. The van der Waals surface area contributed by atoms with Crippen LogP contribution < -0.4 is 10.1 Å². The molecule has 1 aromatic rings. The van der Waals surface area contributed by atoms with Gasteiger partial charge in [-0.2, -0.15) is 4.31 Å². The molecule has 1 atom stereocenters. The van der Waals surface area contributed by atoms with E-state index >= 15 is 0 Å². The number of hydrogen-bond donors (Lipinski definition) is 1. The smallest absolute Gasteiger partial charge is 0.246 e. The monoisotopic (exact) mass is 356 g/mol. The van der Waals surface area contributed by atoms with E-state index in [9.17, 15) is 13.2 Å². The second-order valence-corrected chi connectivity index (χ2v) is 7.87. The van der Waals surface area contributed by atoms with Gasteiger partial charge in [-0.1, -0.05) is 6.07 Å². The third kappa shape index (κ3) is 4.46. The van der Waals surface area contributed by atoms with Crippen LogP contribution in [-0.2, 0) is 19.6 Å². The molecule has 2 rings (SSSR count). The molecule has 0 bridgehead atoms. The van der Waals surface area contributed by atoms with E-state index in [1.807, 2.05) is 0 Å². The van der Waals surface area contributed by atoms with Crippen molar-refractivity contribution in [3.8, 4) is 5.75 Å². The van der Waals surface area contributed by atoms with Crippen LogP contribution in [0, 0.1) is 6.92 Å². The van der Waals surface area contributed by atoms with Crippen LogP contribution in [0.2, 0.25) is 0 Å². The Morgan fingerprint density at radius 1 is 1.46 bits per heavy atom. The molecule has 1 aliphatic heterocycles. The van der Waals surface area contributed by atoms with Crippen LogP contribution in [-0.4, -0.2) is 58.6 Å². The summed E-state index contributed by atoms with van der Waals surface area (Å²) in [7, 11) is -1.03. The van der Waals surface area contributed by atoms with Crippen molar-refractivity contribution in [2.24, 2.45) is 0 Å². The Kier molecular flexibility index (Phi) is 6.20. The molecule has 1 fully saturated rings. The van der Waals surface area contributed by atoms with Crippen molar-refractivity contribution >= 4 is 15.9 Å². The van der Waals surface area contributed by atoms with Gasteiger partial charge in [0.1, 0.15) is 10.6 Å². The maximum atomic E-state index is 12.7. The summed E-state index contributed by atoms with van der Waals surface area (Å²) < 4.78 is 37.0. The van der Waals surface area contributed by atoms with Crippen molar-refractivity contribution in [1.29, 1.82) is 0 Å². The van der Waals surface area contributed by atoms with Gasteiger partial charge in [0.2, 0.25) is 15.9 Å². The first-order valence-corrected chi connectivity index (χ1v) is 9.28. The van der Waals surface area contributed by atoms with Gasteiger partial charge in [-0.3, -0.25) is 4.79 Å². The van der Waals surface area contributed by atoms with Crippen molar-refractivity contribution in [3.63, 3.8) is 0 Å². The highest BCUT2D eigenvalue weighted by Crippen LogP contribution is 2.27. The Bertz CT molecular complexity index is 684. The van der Waals surface area contributed by atoms with E-state index in [0.29, 0.717) is 13.2 Å². The average Bonchev–Trinajstić information content (AvgIpc) is 3.06. The minimum Gasteiger partial charge on any atom is -0.495 e. The molecule has 24 heavy (non-hydrogen) atoms. The quantitative estimate of drug-likeness (QED) is 0.785. The number of rotatable bonds is 7. The third-order valence-electron chi connectivity index (χ3n) is 3.92. The first kappa shape index (κ1) is 18.7. The number of benzene rings is 1. The highest BCUT2D eigenvalue weighted by atomic mass is 32.2. The molecule has 0 radical (unpaired) electrons. The number of carbonyl (C=O) groups is 1. The number of likely N-dealkylation sites (N-methyl/N-ethyl adjacent to an activating group) is 1. The first-order valence-electron chi connectivity index (χ1n) is 7.84. The van der Waals surface area contributed by atoms with Gasteiger partial charge >= 0.3 is 0 Å². The van der Waals surface area contributed by atoms with Crippen LogP contribution >= 0.6 is 0 Å². The molecule has 1 amide bonds. The lowest BCUT2D eigenvalue weighted by Crippen LogP contribution is -2.40. The number of nitrogens with one attached hydrogen (secondary N) is 1. The summed E-state index contributed by atoms with van der Waals surface area (Å²) in [6, 6.07) is 4.91. The Hall–Kier alpha value is -1.64. The molecule has 8 heteroatoms. The lowest BCUT2D eigenvalue weighted by atomic mass is 10.2. The van der Waals surface area contributed by atoms with Crippen LogP contribution in [0.3, 0.4) is 0 Å². The maximum absolute atomic E-state index is 12.7. The number of nitrogens with zero attached hydrogens (tertiary/aromatic N) is 1. The largest absolute Gasteiger partial charge is 0.495 e. The van der Waals surface area contributed by atoms with Gasteiger partial charge in [-0.25, -0.2) is 8.42 Å². The molecule has 1 aliphatic rings. The zero-order valence-corrected chi connectivity index (χ0v) is 15.1. The molecule has 7 nitrogen and oxygen atoms in total. The van der Waals surface area contributed by atoms with Crippen molar-refractivity contribution in [2.75, 3.05) is 33.9 Å². The Balaban J connectivity index is 2.03. The number of sulfonamides is 1. The van der Waals surface area contributed by atoms with Gasteiger partial charge in [-0.05, 0) is 37.5 Å². The van der Waals surface area contributed by atoms with E-state index < -0.39 is 10.0 Å². The van der Waals surface area contributed by atoms with Gasteiger partial charge in [-0.15, -0.1) is 0 Å². The van der Waals surface area contributed by atoms with Crippen LogP contribution in [0.5, 0.6) is 5.75 Å². The van der Waals surface area contributed by atoms with Crippen molar-refractivity contribution in [1.82, 2.24) is 9.62 Å². The lowest BCUT2D eigenvalue weighted by molar-refractivity contribution is -0.121. The fraction of sp³-hybridized carbons (Fsp3) is 0.562. The number of aryl methyl sites for hydroxylation is 1. The van der Waals surface area contributed by atoms with Crippen molar-refractivity contribution < 1.29 is 22.7 Å². The zero-order chi connectivity index (χ0) is 17.7. The average molecular weight is 356 g/mol. The van der Waals surface area contributed by atoms with E-state index in [1.54, 1.807) is 19.1 Å². The summed E-state index contributed by atoms with van der Waals surface area (Å²) in [5.74, 6) is -0.101. The Labute approximate surface area is 143 Å². The van der Waals surface area contributed by atoms with Crippen molar-refractivity contribution in [2.45, 2.75) is 30.8 Å². The number of ether oxygens (including phenoxy) is 2. The minimum absolute atomic E-state index is 0.0210. The van der Waals surface area contributed by atoms with Gasteiger partial charge in [0.25, 0.3) is 0 Å². The second-order valence-electron chi connectivity index (χ2n) is 5.85. The van der Waals surface area contributed by atoms with Crippen molar-refractivity contribution in [3.05, 3.63) is 23.8 Å². The predicted octanol–water partition coefficient (Wildman–Crippen LogP) is 0.919. The Morgan fingerprint density at radius 2 is 2.21 bits per heavy atom. The molecule has 0 aromatic heterocycles. The van der Waals surface area contributed by atoms with E-state index in [-0.39, 0.29) is 29.2 Å². The first-order chi connectivity index (χ1) is 11.3. The zero-order valence-electron chi connectivity index (χ0n) is 14.2. The molecule has 1 N–H and O–H groups in total. The minimum atomic E-state index is -3.82. The Morgan fingerprint density at radius 3 is 2.83 bits per heavy atom. The second kappa shape index (κ2) is 7.96. The SMILES string of the molecule is COc1ccc(C)cc1S(=O)(=O)N(C)CC(=O)NCC1CCCO1. The molecule has 1 aromatic carbocycles. The third-order valence-corrected chi connectivity index (χ3v) is 5.75. The fourth-order valence-electron chi connectivity index (χ4n) is 2.53. The number of hydrogen-bond acceptors (Lipinski definition) is 5. The van der Waals surface area contributed by atoms with E-state index in [2.05, 4.69) is 5.32 Å². The summed E-state index contributed by atoms with van der Waals surface area (Å²) in [6.07, 6.45) is 1.92. The number of methoxy groups -OCH3 is 1. The van der Waals surface area contributed by atoms with E-state index in [0.717, 1.165) is 22.7 Å². The topological polar surface area (TPSA) is 84.9 Å². The summed E-state index contributed by atoms with van der Waals surface area (Å²) in [4.78, 5) is 12.1. The molecule has 1 unspecified atom stereocenters. The molecule has 134 valence electrons. The van der Waals surface area contributed by atoms with Gasteiger partial charge in [0.15, 0.2) is 0 Å². The normalized spacial score (nSPS) is 17.9. The summed E-state index contributed by atoms with van der Waals surface area (Å²) in [5.41, 5.74) is 0.797. The molecule has 0 aliphatic carbocycles. The van der Waals surface area contributed by atoms with Gasteiger partial charge in [0.05, 0.1) is 19.8 Å². The van der Waals surface area contributed by atoms with Gasteiger partial charge < -0.3 is 14.8 Å². The van der Waals surface area contributed by atoms with Crippen LogP contribution in [0.4, 0.5) is 0 Å². The summed E-state index contributed by atoms with van der Waals surface area (Å²) in [5, 5.41) is 2.72. The number of amides is 1. The molecule has 1 heterocycles. The predicted molar refractivity (Wildman–Crippen MR) is 89.5 cm³/mol. The number of carbonyl (C=O) groups excluding carboxylic acids is 1. The highest BCUT2D eigenvalue weighted by Gasteiger charge is 2.27.